The highest BCUT2D eigenvalue weighted by Crippen LogP contribution is 2.26. The van der Waals surface area contributed by atoms with Gasteiger partial charge in [0.05, 0.1) is 7.11 Å². The average Bonchev–Trinajstić information content (AvgIpc) is 2.49. The number of rotatable bonds is 3. The standard InChI is InChI=1S/C16H12F2O3/c1-21-16(20)14(10-2-6-12(17)7-3-10)15(19)11-4-8-13(18)9-5-11/h2-9,19H,1H3/b15-14-. The fraction of sp³-hybridized carbons (Fsp3) is 0.0625. The van der Waals surface area contributed by atoms with Crippen molar-refractivity contribution in [3.05, 3.63) is 71.3 Å². The van der Waals surface area contributed by atoms with Gasteiger partial charge in [0.1, 0.15) is 23.0 Å². The summed E-state index contributed by atoms with van der Waals surface area (Å²) in [7, 11) is 1.17. The molecule has 1 N–H and O–H groups in total. The van der Waals surface area contributed by atoms with Gasteiger partial charge in [-0.25, -0.2) is 13.6 Å². The number of aliphatic hydroxyl groups is 1. The molecule has 0 aliphatic carbocycles. The first-order valence-electron chi connectivity index (χ1n) is 6.06. The Labute approximate surface area is 120 Å². The van der Waals surface area contributed by atoms with Crippen LogP contribution in [0, 0.1) is 11.6 Å². The van der Waals surface area contributed by atoms with Crippen molar-refractivity contribution in [1.82, 2.24) is 0 Å². The summed E-state index contributed by atoms with van der Waals surface area (Å²) in [5.41, 5.74) is 0.426. The van der Waals surface area contributed by atoms with Gasteiger partial charge in [0.2, 0.25) is 0 Å². The molecule has 2 aromatic rings. The molecule has 0 heterocycles. The Morgan fingerprint density at radius 3 is 1.76 bits per heavy atom. The predicted molar refractivity (Wildman–Crippen MR) is 74.3 cm³/mol. The van der Waals surface area contributed by atoms with Crippen molar-refractivity contribution in [3.63, 3.8) is 0 Å². The Hall–Kier alpha value is -2.69. The van der Waals surface area contributed by atoms with Crippen LogP contribution in [0.2, 0.25) is 0 Å². The molecule has 3 nitrogen and oxygen atoms in total. The minimum absolute atomic E-state index is 0.121. The smallest absolute Gasteiger partial charge is 0.342 e. The molecule has 21 heavy (non-hydrogen) atoms. The van der Waals surface area contributed by atoms with Gasteiger partial charge in [-0.2, -0.15) is 0 Å². The molecule has 0 unspecified atom stereocenters. The molecule has 0 atom stereocenters. The second kappa shape index (κ2) is 6.17. The summed E-state index contributed by atoms with van der Waals surface area (Å²) in [6, 6.07) is 10.00. The topological polar surface area (TPSA) is 46.5 Å². The van der Waals surface area contributed by atoms with E-state index in [1.54, 1.807) is 0 Å². The highest BCUT2D eigenvalue weighted by atomic mass is 19.1. The van der Waals surface area contributed by atoms with Gasteiger partial charge in [-0.3, -0.25) is 0 Å². The van der Waals surface area contributed by atoms with E-state index in [0.29, 0.717) is 5.56 Å². The molecule has 5 heteroatoms. The number of methoxy groups -OCH3 is 1. The zero-order valence-electron chi connectivity index (χ0n) is 11.1. The van der Waals surface area contributed by atoms with Crippen LogP contribution in [-0.4, -0.2) is 18.2 Å². The molecule has 0 saturated carbocycles. The van der Waals surface area contributed by atoms with E-state index in [9.17, 15) is 18.7 Å². The molecule has 0 aromatic heterocycles. The molecule has 0 aliphatic heterocycles. The second-order valence-electron chi connectivity index (χ2n) is 4.23. The quantitative estimate of drug-likeness (QED) is 0.407. The number of halogens is 2. The van der Waals surface area contributed by atoms with E-state index < -0.39 is 17.6 Å². The fourth-order valence-corrected chi connectivity index (χ4v) is 1.82. The van der Waals surface area contributed by atoms with Crippen LogP contribution in [0.5, 0.6) is 0 Å². The first-order valence-corrected chi connectivity index (χ1v) is 6.06. The Kier molecular flexibility index (Phi) is 4.33. The minimum Gasteiger partial charge on any atom is -0.506 e. The number of carbonyl (C=O) groups excluding carboxylic acids is 1. The van der Waals surface area contributed by atoms with Gasteiger partial charge in [0.15, 0.2) is 0 Å². The van der Waals surface area contributed by atoms with Gasteiger partial charge in [-0.15, -0.1) is 0 Å². The predicted octanol–water partition coefficient (Wildman–Crippen LogP) is 3.56. The van der Waals surface area contributed by atoms with Gasteiger partial charge in [0, 0.05) is 5.56 Å². The second-order valence-corrected chi connectivity index (χ2v) is 4.23. The van der Waals surface area contributed by atoms with Crippen LogP contribution in [0.25, 0.3) is 11.3 Å². The van der Waals surface area contributed by atoms with E-state index in [1.165, 1.54) is 31.4 Å². The van der Waals surface area contributed by atoms with Gasteiger partial charge < -0.3 is 9.84 Å². The zero-order chi connectivity index (χ0) is 15.4. The van der Waals surface area contributed by atoms with Gasteiger partial charge in [-0.05, 0) is 42.0 Å². The molecule has 0 saturated heterocycles. The van der Waals surface area contributed by atoms with E-state index in [-0.39, 0.29) is 16.9 Å². The molecule has 0 radical (unpaired) electrons. The van der Waals surface area contributed by atoms with Crippen LogP contribution in [-0.2, 0) is 9.53 Å². The fourth-order valence-electron chi connectivity index (χ4n) is 1.82. The van der Waals surface area contributed by atoms with Crippen molar-refractivity contribution in [2.24, 2.45) is 0 Å². The molecule has 0 fully saturated rings. The number of ether oxygens (including phenoxy) is 1. The Bertz CT molecular complexity index is 674. The minimum atomic E-state index is -0.775. The van der Waals surface area contributed by atoms with Crippen LogP contribution >= 0.6 is 0 Å². The maximum Gasteiger partial charge on any atom is 0.342 e. The lowest BCUT2D eigenvalue weighted by molar-refractivity contribution is -0.133. The monoisotopic (exact) mass is 290 g/mol. The molecule has 0 amide bonds. The normalized spacial score (nSPS) is 11.8. The number of hydrogen-bond acceptors (Lipinski definition) is 3. The average molecular weight is 290 g/mol. The number of hydrogen-bond donors (Lipinski definition) is 1. The van der Waals surface area contributed by atoms with E-state index in [0.717, 1.165) is 24.3 Å². The number of aliphatic hydroxyl groups excluding tert-OH is 1. The van der Waals surface area contributed by atoms with Gasteiger partial charge >= 0.3 is 5.97 Å². The third-order valence-corrected chi connectivity index (χ3v) is 2.88. The maximum absolute atomic E-state index is 13.0. The highest BCUT2D eigenvalue weighted by molar-refractivity contribution is 6.23. The van der Waals surface area contributed by atoms with Gasteiger partial charge in [0.25, 0.3) is 0 Å². The Morgan fingerprint density at radius 1 is 0.905 bits per heavy atom. The van der Waals surface area contributed by atoms with Crippen LogP contribution in [0.3, 0.4) is 0 Å². The first-order chi connectivity index (χ1) is 10.0. The van der Waals surface area contributed by atoms with Crippen molar-refractivity contribution in [2.45, 2.75) is 0 Å². The lowest BCUT2D eigenvalue weighted by Crippen LogP contribution is -2.07. The largest absolute Gasteiger partial charge is 0.506 e. The van der Waals surface area contributed by atoms with Crippen LogP contribution in [0.4, 0.5) is 8.78 Å². The summed E-state index contributed by atoms with van der Waals surface area (Å²) < 4.78 is 30.5. The lowest BCUT2D eigenvalue weighted by Gasteiger charge is -2.10. The van der Waals surface area contributed by atoms with E-state index in [1.807, 2.05) is 0 Å². The Balaban J connectivity index is 2.58. The molecule has 108 valence electrons. The van der Waals surface area contributed by atoms with E-state index in [2.05, 4.69) is 4.74 Å². The van der Waals surface area contributed by atoms with E-state index in [4.69, 9.17) is 0 Å². The van der Waals surface area contributed by atoms with E-state index >= 15 is 0 Å². The number of esters is 1. The van der Waals surface area contributed by atoms with Crippen molar-refractivity contribution in [3.8, 4) is 0 Å². The molecular formula is C16H12F2O3. The number of benzene rings is 2. The Morgan fingerprint density at radius 2 is 1.33 bits per heavy atom. The van der Waals surface area contributed by atoms with Crippen LogP contribution < -0.4 is 0 Å². The SMILES string of the molecule is COC(=O)/C(=C(\O)c1ccc(F)cc1)c1ccc(F)cc1. The number of carbonyl (C=O) groups is 1. The summed E-state index contributed by atoms with van der Waals surface area (Å²) in [5.74, 6) is -2.07. The summed E-state index contributed by atoms with van der Waals surface area (Å²) in [5, 5.41) is 10.3. The molecular weight excluding hydrogens is 278 g/mol. The van der Waals surface area contributed by atoms with Crippen molar-refractivity contribution in [1.29, 1.82) is 0 Å². The molecule has 2 rings (SSSR count). The third-order valence-electron chi connectivity index (χ3n) is 2.88. The van der Waals surface area contributed by atoms with Crippen LogP contribution in [0.1, 0.15) is 11.1 Å². The van der Waals surface area contributed by atoms with Crippen molar-refractivity contribution in [2.75, 3.05) is 7.11 Å². The maximum atomic E-state index is 13.0. The molecule has 2 aromatic carbocycles. The van der Waals surface area contributed by atoms with Crippen molar-refractivity contribution < 1.29 is 23.4 Å². The third kappa shape index (κ3) is 3.25. The molecule has 0 aliphatic rings. The summed E-state index contributed by atoms with van der Waals surface area (Å²) in [4.78, 5) is 11.9. The highest BCUT2D eigenvalue weighted by Gasteiger charge is 2.19. The zero-order valence-corrected chi connectivity index (χ0v) is 11.1. The first kappa shape index (κ1) is 14.7. The summed E-state index contributed by atoms with van der Waals surface area (Å²) in [6.45, 7) is 0. The summed E-state index contributed by atoms with van der Waals surface area (Å²) in [6.07, 6.45) is 0. The van der Waals surface area contributed by atoms with Crippen molar-refractivity contribution >= 4 is 17.3 Å². The molecule has 0 spiro atoms. The molecule has 0 bridgehead atoms. The lowest BCUT2D eigenvalue weighted by atomic mass is 10.0. The van der Waals surface area contributed by atoms with Gasteiger partial charge in [-0.1, -0.05) is 12.1 Å². The summed E-state index contributed by atoms with van der Waals surface area (Å²) >= 11 is 0. The van der Waals surface area contributed by atoms with Crippen LogP contribution in [0.15, 0.2) is 48.5 Å².